The predicted octanol–water partition coefficient (Wildman–Crippen LogP) is 4.07. The number of benzene rings is 3. The topological polar surface area (TPSA) is 69.9 Å². The van der Waals surface area contributed by atoms with Crippen molar-refractivity contribution in [3.05, 3.63) is 94.5 Å². The van der Waals surface area contributed by atoms with Crippen LogP contribution in [-0.4, -0.2) is 21.4 Å². The van der Waals surface area contributed by atoms with Gasteiger partial charge in [-0.3, -0.25) is 0 Å². The van der Waals surface area contributed by atoms with Crippen molar-refractivity contribution in [2.75, 3.05) is 0 Å². The standard InChI is InChI=1S/C23H19ClO4/c24-16-8-6-15(7-9-16)23-19(14-4-2-1-3-5-14)13-21(26)22(23,27)18-11-10-17(25)12-20(18)28-23/h1-12,19,21,25-27H,13H2. The Labute approximate surface area is 167 Å². The summed E-state index contributed by atoms with van der Waals surface area (Å²) < 4.78 is 6.45. The second-order valence-corrected chi connectivity index (χ2v) is 7.94. The van der Waals surface area contributed by atoms with Crippen molar-refractivity contribution >= 4 is 11.6 Å². The molecule has 1 aliphatic carbocycles. The van der Waals surface area contributed by atoms with E-state index in [1.807, 2.05) is 42.5 Å². The molecule has 5 heteroatoms. The lowest BCUT2D eigenvalue weighted by atomic mass is 9.71. The van der Waals surface area contributed by atoms with Crippen molar-refractivity contribution < 1.29 is 20.1 Å². The third kappa shape index (κ3) is 2.14. The van der Waals surface area contributed by atoms with Gasteiger partial charge >= 0.3 is 0 Å². The number of phenols is 1. The molecular formula is C23H19ClO4. The van der Waals surface area contributed by atoms with E-state index in [-0.39, 0.29) is 11.7 Å². The lowest BCUT2D eigenvalue weighted by Gasteiger charge is -2.40. The van der Waals surface area contributed by atoms with Crippen molar-refractivity contribution in [1.82, 2.24) is 0 Å². The maximum atomic E-state index is 12.0. The molecule has 4 unspecified atom stereocenters. The fraction of sp³-hybridized carbons (Fsp3) is 0.217. The van der Waals surface area contributed by atoms with Crippen LogP contribution in [0, 0.1) is 0 Å². The second-order valence-electron chi connectivity index (χ2n) is 7.51. The number of ether oxygens (including phenoxy) is 1. The largest absolute Gasteiger partial charge is 0.508 e. The molecule has 3 aromatic rings. The molecule has 1 fully saturated rings. The van der Waals surface area contributed by atoms with E-state index < -0.39 is 17.3 Å². The van der Waals surface area contributed by atoms with Crippen LogP contribution in [0.15, 0.2) is 72.8 Å². The smallest absolute Gasteiger partial charge is 0.176 e. The maximum absolute atomic E-state index is 12.0. The van der Waals surface area contributed by atoms with Gasteiger partial charge in [-0.25, -0.2) is 0 Å². The minimum Gasteiger partial charge on any atom is -0.508 e. The SMILES string of the molecule is Oc1ccc2c(c1)OC1(c3ccc(Cl)cc3)C(c3ccccc3)CC(O)C21O. The molecule has 28 heavy (non-hydrogen) atoms. The van der Waals surface area contributed by atoms with E-state index in [4.69, 9.17) is 16.3 Å². The van der Waals surface area contributed by atoms with E-state index in [0.29, 0.717) is 22.8 Å². The van der Waals surface area contributed by atoms with Crippen molar-refractivity contribution in [3.8, 4) is 11.5 Å². The zero-order valence-electron chi connectivity index (χ0n) is 14.9. The molecular weight excluding hydrogens is 376 g/mol. The van der Waals surface area contributed by atoms with Crippen molar-refractivity contribution in [2.24, 2.45) is 0 Å². The molecule has 4 nitrogen and oxygen atoms in total. The Morgan fingerprint density at radius 1 is 0.964 bits per heavy atom. The van der Waals surface area contributed by atoms with Crippen molar-refractivity contribution in [1.29, 1.82) is 0 Å². The lowest BCUT2D eigenvalue weighted by molar-refractivity contribution is -0.149. The molecule has 4 atom stereocenters. The quantitative estimate of drug-likeness (QED) is 0.612. The summed E-state index contributed by atoms with van der Waals surface area (Å²) in [4.78, 5) is 0. The number of phenolic OH excluding ortho intramolecular Hbond substituents is 1. The third-order valence-electron chi connectivity index (χ3n) is 6.12. The van der Waals surface area contributed by atoms with Crippen LogP contribution in [0.25, 0.3) is 0 Å². The van der Waals surface area contributed by atoms with Crippen LogP contribution >= 0.6 is 11.6 Å². The first-order chi connectivity index (χ1) is 13.5. The molecule has 1 aliphatic heterocycles. The fourth-order valence-corrected chi connectivity index (χ4v) is 5.04. The van der Waals surface area contributed by atoms with E-state index in [9.17, 15) is 15.3 Å². The van der Waals surface area contributed by atoms with Gasteiger partial charge in [-0.15, -0.1) is 0 Å². The summed E-state index contributed by atoms with van der Waals surface area (Å²) in [6.07, 6.45) is -0.706. The minimum absolute atomic E-state index is 0.0410. The molecule has 0 spiro atoms. The predicted molar refractivity (Wildman–Crippen MR) is 106 cm³/mol. The summed E-state index contributed by atoms with van der Waals surface area (Å²) in [6.45, 7) is 0. The van der Waals surface area contributed by atoms with Crippen LogP contribution < -0.4 is 4.74 Å². The zero-order chi connectivity index (χ0) is 19.5. The van der Waals surface area contributed by atoms with Gasteiger partial charge in [0.25, 0.3) is 0 Å². The van der Waals surface area contributed by atoms with Crippen LogP contribution in [0.5, 0.6) is 11.5 Å². The number of hydrogen-bond donors (Lipinski definition) is 3. The Kier molecular flexibility index (Phi) is 3.75. The van der Waals surface area contributed by atoms with Crippen LogP contribution in [0.2, 0.25) is 5.02 Å². The van der Waals surface area contributed by atoms with E-state index in [1.165, 1.54) is 12.1 Å². The summed E-state index contributed by atoms with van der Waals surface area (Å²) in [7, 11) is 0. The van der Waals surface area contributed by atoms with Gasteiger partial charge < -0.3 is 20.1 Å². The van der Waals surface area contributed by atoms with E-state index in [0.717, 1.165) is 11.1 Å². The molecule has 1 heterocycles. The molecule has 0 saturated heterocycles. The number of aromatic hydroxyl groups is 1. The maximum Gasteiger partial charge on any atom is 0.176 e. The van der Waals surface area contributed by atoms with Gasteiger partial charge in [0.1, 0.15) is 11.5 Å². The van der Waals surface area contributed by atoms with Gasteiger partial charge in [-0.2, -0.15) is 0 Å². The second kappa shape index (κ2) is 5.98. The molecule has 0 amide bonds. The van der Waals surface area contributed by atoms with Gasteiger partial charge in [-0.1, -0.05) is 54.1 Å². The summed E-state index contributed by atoms with van der Waals surface area (Å²) in [5.41, 5.74) is -0.741. The van der Waals surface area contributed by atoms with Crippen LogP contribution in [0.1, 0.15) is 29.0 Å². The van der Waals surface area contributed by atoms with Gasteiger partial charge in [0.05, 0.1) is 6.10 Å². The molecule has 1 saturated carbocycles. The normalized spacial score (nSPS) is 30.5. The number of aliphatic hydroxyl groups is 2. The Morgan fingerprint density at radius 3 is 2.39 bits per heavy atom. The summed E-state index contributed by atoms with van der Waals surface area (Å²) in [6, 6.07) is 21.5. The highest BCUT2D eigenvalue weighted by Gasteiger charge is 2.72. The van der Waals surface area contributed by atoms with Gasteiger partial charge in [-0.05, 0) is 41.8 Å². The Morgan fingerprint density at radius 2 is 1.68 bits per heavy atom. The van der Waals surface area contributed by atoms with E-state index in [1.54, 1.807) is 18.2 Å². The van der Waals surface area contributed by atoms with Crippen LogP contribution in [0.4, 0.5) is 0 Å². The molecule has 142 valence electrons. The van der Waals surface area contributed by atoms with Crippen LogP contribution in [0.3, 0.4) is 0 Å². The molecule has 0 radical (unpaired) electrons. The lowest BCUT2D eigenvalue weighted by Crippen LogP contribution is -2.51. The number of halogens is 1. The molecule has 0 bridgehead atoms. The fourth-order valence-electron chi connectivity index (χ4n) is 4.92. The first-order valence-electron chi connectivity index (χ1n) is 9.21. The molecule has 3 aromatic carbocycles. The number of hydrogen-bond acceptors (Lipinski definition) is 4. The first kappa shape index (κ1) is 17.6. The highest BCUT2D eigenvalue weighted by atomic mass is 35.5. The summed E-state index contributed by atoms with van der Waals surface area (Å²) in [5, 5.41) is 33.5. The Bertz CT molecular complexity index is 1040. The van der Waals surface area contributed by atoms with Crippen molar-refractivity contribution in [2.45, 2.75) is 29.6 Å². The average Bonchev–Trinajstić information content (AvgIpc) is 3.09. The third-order valence-corrected chi connectivity index (χ3v) is 6.37. The van der Waals surface area contributed by atoms with E-state index in [2.05, 4.69) is 0 Å². The summed E-state index contributed by atoms with van der Waals surface area (Å²) in [5.74, 6) is 0.112. The highest BCUT2D eigenvalue weighted by Crippen LogP contribution is 2.66. The number of rotatable bonds is 2. The van der Waals surface area contributed by atoms with Gasteiger partial charge in [0.2, 0.25) is 0 Å². The van der Waals surface area contributed by atoms with E-state index >= 15 is 0 Å². The summed E-state index contributed by atoms with van der Waals surface area (Å²) >= 11 is 6.10. The molecule has 3 N–H and O–H groups in total. The average molecular weight is 395 g/mol. The molecule has 5 rings (SSSR count). The number of aliphatic hydroxyl groups excluding tert-OH is 1. The zero-order valence-corrected chi connectivity index (χ0v) is 15.7. The van der Waals surface area contributed by atoms with Gasteiger partial charge in [0, 0.05) is 22.6 Å². The molecule has 0 aromatic heterocycles. The molecule has 2 aliphatic rings. The Hall–Kier alpha value is -2.53. The highest BCUT2D eigenvalue weighted by molar-refractivity contribution is 6.30. The van der Waals surface area contributed by atoms with Gasteiger partial charge in [0.15, 0.2) is 11.2 Å². The monoisotopic (exact) mass is 394 g/mol. The van der Waals surface area contributed by atoms with Crippen LogP contribution in [-0.2, 0) is 11.2 Å². The van der Waals surface area contributed by atoms with Crippen molar-refractivity contribution in [3.63, 3.8) is 0 Å². The number of fused-ring (bicyclic) bond motifs is 3. The first-order valence-corrected chi connectivity index (χ1v) is 9.58. The Balaban J connectivity index is 1.80. The minimum atomic E-state index is -1.66.